The Balaban J connectivity index is 1.54. The minimum absolute atomic E-state index is 0.106. The molecule has 35 heavy (non-hydrogen) atoms. The number of aryl methyl sites for hydroxylation is 1. The van der Waals surface area contributed by atoms with Crippen molar-refractivity contribution in [2.45, 2.75) is 138 Å². The predicted octanol–water partition coefficient (Wildman–Crippen LogP) is 8.81. The molecule has 2 nitrogen and oxygen atoms in total. The Bertz CT molecular complexity index is 1020. The summed E-state index contributed by atoms with van der Waals surface area (Å²) in [4.78, 5) is 0. The van der Waals surface area contributed by atoms with Gasteiger partial charge in [0.25, 0.3) is 0 Å². The third-order valence-corrected chi connectivity index (χ3v) is 15.1. The van der Waals surface area contributed by atoms with Gasteiger partial charge in [-0.3, -0.25) is 0 Å². The zero-order valence-corrected chi connectivity index (χ0v) is 22.5. The summed E-state index contributed by atoms with van der Waals surface area (Å²) in [5, 5.41) is 11.9. The van der Waals surface area contributed by atoms with E-state index >= 15 is 4.57 Å². The summed E-state index contributed by atoms with van der Waals surface area (Å²) in [6.07, 6.45) is 25.2. The van der Waals surface area contributed by atoms with Gasteiger partial charge < -0.3 is 9.67 Å². The maximum absolute atomic E-state index is 15.9. The highest BCUT2D eigenvalue weighted by Crippen LogP contribution is 2.75. The van der Waals surface area contributed by atoms with E-state index in [2.05, 4.69) is 30.4 Å². The van der Waals surface area contributed by atoms with Crippen LogP contribution in [0.4, 0.5) is 0 Å². The molecule has 3 heteroatoms. The first-order chi connectivity index (χ1) is 17.1. The van der Waals surface area contributed by atoms with Crippen molar-refractivity contribution in [3.05, 3.63) is 58.2 Å². The molecule has 6 rings (SSSR count). The van der Waals surface area contributed by atoms with E-state index in [-0.39, 0.29) is 17.2 Å². The summed E-state index contributed by atoms with van der Waals surface area (Å²) in [6.45, 7) is 0. The molecule has 190 valence electrons. The maximum Gasteiger partial charge on any atom is 0.146 e. The molecule has 0 heterocycles. The van der Waals surface area contributed by atoms with Crippen LogP contribution in [-0.4, -0.2) is 21.8 Å². The van der Waals surface area contributed by atoms with Gasteiger partial charge in [-0.15, -0.1) is 0 Å². The van der Waals surface area contributed by atoms with E-state index in [0.717, 1.165) is 51.4 Å². The molecule has 1 aromatic carbocycles. The Hall–Kier alpha value is -1.11. The Morgan fingerprint density at radius 2 is 1.37 bits per heavy atom. The van der Waals surface area contributed by atoms with Gasteiger partial charge in [0.15, 0.2) is 0 Å². The van der Waals surface area contributed by atoms with Crippen LogP contribution in [0.2, 0.25) is 0 Å². The fourth-order valence-electron chi connectivity index (χ4n) is 8.68. The molecule has 2 atom stereocenters. The molecule has 0 bridgehead atoms. The second-order valence-corrected chi connectivity index (χ2v) is 15.9. The van der Waals surface area contributed by atoms with Crippen LogP contribution in [0.25, 0.3) is 0 Å². The average Bonchev–Trinajstić information content (AvgIpc) is 2.93. The van der Waals surface area contributed by atoms with Gasteiger partial charge >= 0.3 is 0 Å². The van der Waals surface area contributed by atoms with Gasteiger partial charge in [0.2, 0.25) is 0 Å². The molecule has 0 radical (unpaired) electrons. The van der Waals surface area contributed by atoms with Gasteiger partial charge in [0, 0.05) is 17.2 Å². The van der Waals surface area contributed by atoms with Crippen LogP contribution in [0, 0.1) is 0 Å². The average molecular weight is 493 g/mol. The van der Waals surface area contributed by atoms with E-state index in [9.17, 15) is 5.11 Å². The molecule has 2 unspecified atom stereocenters. The van der Waals surface area contributed by atoms with Crippen molar-refractivity contribution in [3.63, 3.8) is 0 Å². The summed E-state index contributed by atoms with van der Waals surface area (Å²) in [5.74, 6) is -0.106. The van der Waals surface area contributed by atoms with Crippen LogP contribution in [0.1, 0.15) is 125 Å². The van der Waals surface area contributed by atoms with Crippen LogP contribution in [0.5, 0.6) is 0 Å². The first kappa shape index (κ1) is 24.2. The molecular weight excluding hydrogens is 447 g/mol. The van der Waals surface area contributed by atoms with Crippen LogP contribution in [0.3, 0.4) is 0 Å². The Morgan fingerprint density at radius 1 is 0.743 bits per heavy atom. The minimum Gasteiger partial charge on any atom is -0.377 e. The number of aliphatic hydroxyl groups is 1. The third-order valence-electron chi connectivity index (χ3n) is 10.4. The van der Waals surface area contributed by atoms with Crippen molar-refractivity contribution in [2.24, 2.45) is 0 Å². The summed E-state index contributed by atoms with van der Waals surface area (Å²) in [5.41, 5.74) is 7.56. The second-order valence-electron chi connectivity index (χ2n) is 12.3. The molecule has 1 aromatic rings. The highest BCUT2D eigenvalue weighted by Gasteiger charge is 2.60. The zero-order valence-electron chi connectivity index (χ0n) is 21.6. The number of rotatable bonds is 4. The fourth-order valence-corrected chi connectivity index (χ4v) is 13.7. The Labute approximate surface area is 213 Å². The molecule has 1 N–H and O–H groups in total. The summed E-state index contributed by atoms with van der Waals surface area (Å²) >= 11 is 0. The standard InChI is InChI=1S/C32H45O2P/c33-32(35(34,26-15-3-1-4-16-26)27-17-5-2-6-18-27)23-22-25-13-8-10-20-29(25)31(32)30-21-11-14-24-12-7-9-19-28(24)30/h11,14,21-23,26-27,31,33H,1-10,12-13,15-20H2. The lowest BCUT2D eigenvalue weighted by molar-refractivity contribution is 0.140. The van der Waals surface area contributed by atoms with E-state index in [1.165, 1.54) is 92.0 Å². The quantitative estimate of drug-likeness (QED) is 0.426. The SMILES string of the molecule is O=P(C1CCCCC1)(C1CCCCC1)C1(O)C=CC2=C(CCCC2)C1c1cccc2c1CCCC2. The van der Waals surface area contributed by atoms with Crippen LogP contribution >= 0.6 is 7.14 Å². The lowest BCUT2D eigenvalue weighted by atomic mass is 9.71. The number of hydrogen-bond acceptors (Lipinski definition) is 2. The van der Waals surface area contributed by atoms with Crippen molar-refractivity contribution < 1.29 is 9.67 Å². The van der Waals surface area contributed by atoms with Gasteiger partial charge in [0.05, 0.1) is 0 Å². The first-order valence-electron chi connectivity index (χ1n) is 15.0. The first-order valence-corrected chi connectivity index (χ1v) is 16.8. The normalized spacial score (nSPS) is 30.7. The smallest absolute Gasteiger partial charge is 0.146 e. The monoisotopic (exact) mass is 492 g/mol. The predicted molar refractivity (Wildman–Crippen MR) is 147 cm³/mol. The van der Waals surface area contributed by atoms with E-state index in [1.807, 2.05) is 0 Å². The van der Waals surface area contributed by atoms with E-state index in [1.54, 1.807) is 0 Å². The van der Waals surface area contributed by atoms with Crippen molar-refractivity contribution >= 4 is 7.14 Å². The molecule has 5 aliphatic rings. The molecule has 0 spiro atoms. The van der Waals surface area contributed by atoms with Gasteiger partial charge in [-0.25, -0.2) is 0 Å². The topological polar surface area (TPSA) is 37.3 Å². The lowest BCUT2D eigenvalue weighted by Gasteiger charge is -2.52. The van der Waals surface area contributed by atoms with Crippen molar-refractivity contribution in [1.82, 2.24) is 0 Å². The van der Waals surface area contributed by atoms with Crippen LogP contribution in [0.15, 0.2) is 41.5 Å². The molecule has 0 aliphatic heterocycles. The van der Waals surface area contributed by atoms with E-state index in [4.69, 9.17) is 0 Å². The van der Waals surface area contributed by atoms with Crippen LogP contribution in [-0.2, 0) is 17.4 Å². The molecule has 0 aromatic heterocycles. The van der Waals surface area contributed by atoms with Crippen LogP contribution < -0.4 is 0 Å². The van der Waals surface area contributed by atoms with Gasteiger partial charge in [-0.05, 0) is 105 Å². The van der Waals surface area contributed by atoms with Crippen molar-refractivity contribution in [1.29, 1.82) is 0 Å². The van der Waals surface area contributed by atoms with Gasteiger partial charge in [-0.1, -0.05) is 68.4 Å². The third kappa shape index (κ3) is 4.06. The summed E-state index contributed by atoms with van der Waals surface area (Å²) in [6, 6.07) is 6.85. The highest BCUT2D eigenvalue weighted by molar-refractivity contribution is 7.67. The number of hydrogen-bond donors (Lipinski definition) is 1. The summed E-state index contributed by atoms with van der Waals surface area (Å²) in [7, 11) is -2.94. The second kappa shape index (κ2) is 9.98. The van der Waals surface area contributed by atoms with Crippen molar-refractivity contribution in [2.75, 3.05) is 0 Å². The van der Waals surface area contributed by atoms with E-state index < -0.39 is 12.5 Å². The number of allylic oxidation sites excluding steroid dienone is 2. The largest absolute Gasteiger partial charge is 0.377 e. The minimum atomic E-state index is -2.94. The molecular formula is C32H45O2P. The number of fused-ring (bicyclic) bond motifs is 1. The summed E-state index contributed by atoms with van der Waals surface area (Å²) < 4.78 is 15.9. The highest BCUT2D eigenvalue weighted by atomic mass is 31.2. The number of benzene rings is 1. The molecule has 0 saturated heterocycles. The van der Waals surface area contributed by atoms with Crippen molar-refractivity contribution in [3.8, 4) is 0 Å². The van der Waals surface area contributed by atoms with Gasteiger partial charge in [0.1, 0.15) is 12.5 Å². The maximum atomic E-state index is 15.9. The zero-order chi connectivity index (χ0) is 23.9. The Kier molecular flexibility index (Phi) is 6.91. The molecule has 2 fully saturated rings. The lowest BCUT2D eigenvalue weighted by Crippen LogP contribution is -2.45. The Morgan fingerprint density at radius 3 is 2.09 bits per heavy atom. The fraction of sp³-hybridized carbons (Fsp3) is 0.688. The van der Waals surface area contributed by atoms with E-state index in [0.29, 0.717) is 0 Å². The molecule has 0 amide bonds. The molecule has 2 saturated carbocycles. The molecule has 5 aliphatic carbocycles. The van der Waals surface area contributed by atoms with Gasteiger partial charge in [-0.2, -0.15) is 0 Å².